The van der Waals surface area contributed by atoms with Gasteiger partial charge in [0.25, 0.3) is 0 Å². The van der Waals surface area contributed by atoms with Gasteiger partial charge in [0.05, 0.1) is 16.5 Å². The van der Waals surface area contributed by atoms with Crippen molar-refractivity contribution < 1.29 is 13.2 Å². The summed E-state index contributed by atoms with van der Waals surface area (Å²) >= 11 is 12.4. The Bertz CT molecular complexity index is 525. The summed E-state index contributed by atoms with van der Waals surface area (Å²) in [6.07, 6.45) is 0.641. The lowest BCUT2D eigenvalue weighted by molar-refractivity contribution is 0.199. The first kappa shape index (κ1) is 17.4. The van der Waals surface area contributed by atoms with Crippen LogP contribution in [0.2, 0.25) is 5.02 Å². The van der Waals surface area contributed by atoms with Crippen LogP contribution in [0, 0.1) is 0 Å². The molecule has 0 fully saturated rings. The molecule has 0 aliphatic carbocycles. The van der Waals surface area contributed by atoms with Crippen LogP contribution in [0.5, 0.6) is 0 Å². The highest BCUT2D eigenvalue weighted by atomic mass is 79.9. The minimum Gasteiger partial charge on any atom is -0.384 e. The van der Waals surface area contributed by atoms with Crippen LogP contribution in [-0.4, -0.2) is 33.5 Å². The van der Waals surface area contributed by atoms with Gasteiger partial charge in [-0.25, -0.2) is 13.1 Å². The number of hydrogen-bond donors (Lipinski definition) is 1. The van der Waals surface area contributed by atoms with Gasteiger partial charge in [-0.05, 0) is 40.5 Å². The van der Waals surface area contributed by atoms with E-state index in [0.29, 0.717) is 29.1 Å². The van der Waals surface area contributed by atoms with Crippen molar-refractivity contribution >= 4 is 53.5 Å². The van der Waals surface area contributed by atoms with Gasteiger partial charge < -0.3 is 4.74 Å². The summed E-state index contributed by atoms with van der Waals surface area (Å²) < 4.78 is 32.1. The lowest BCUT2D eigenvalue weighted by atomic mass is 10.3. The Kier molecular flexibility index (Phi) is 7.28. The van der Waals surface area contributed by atoms with E-state index in [1.165, 1.54) is 12.1 Å². The van der Waals surface area contributed by atoms with E-state index < -0.39 is 10.0 Å². The normalized spacial score (nSPS) is 13.5. The second-order valence-corrected chi connectivity index (χ2v) is 8.14. The third kappa shape index (κ3) is 5.69. The molecule has 8 heteroatoms. The summed E-state index contributed by atoms with van der Waals surface area (Å²) in [6, 6.07) is 4.49. The third-order valence-electron chi connectivity index (χ3n) is 2.30. The molecule has 1 rings (SSSR count). The molecule has 19 heavy (non-hydrogen) atoms. The average Bonchev–Trinajstić information content (AvgIpc) is 2.32. The van der Waals surface area contributed by atoms with Crippen LogP contribution >= 0.6 is 43.5 Å². The summed E-state index contributed by atoms with van der Waals surface area (Å²) in [7, 11) is -1.91. The molecule has 0 heterocycles. The van der Waals surface area contributed by atoms with E-state index in [9.17, 15) is 8.42 Å². The Hall–Kier alpha value is 0.340. The number of ether oxygens (including phenoxy) is 1. The fourth-order valence-electron chi connectivity index (χ4n) is 1.34. The summed E-state index contributed by atoms with van der Waals surface area (Å²) in [5.41, 5.74) is 0. The summed E-state index contributed by atoms with van der Waals surface area (Å²) in [5, 5.41) is 0.472. The molecule has 1 aromatic carbocycles. The molecule has 1 atom stereocenters. The molecule has 1 N–H and O–H groups in total. The first-order valence-corrected chi connectivity index (χ1v) is 9.01. The van der Waals surface area contributed by atoms with Crippen LogP contribution in [-0.2, 0) is 14.8 Å². The van der Waals surface area contributed by atoms with Crippen molar-refractivity contribution in [2.75, 3.05) is 20.3 Å². The lowest BCUT2D eigenvalue weighted by Crippen LogP contribution is -2.27. The molecule has 0 bridgehead atoms. The predicted octanol–water partition coefficient (Wildman–Crippen LogP) is 3.18. The topological polar surface area (TPSA) is 55.4 Å². The van der Waals surface area contributed by atoms with Crippen molar-refractivity contribution in [1.29, 1.82) is 0 Å². The molecule has 4 nitrogen and oxygen atoms in total. The van der Waals surface area contributed by atoms with Crippen LogP contribution in [0.4, 0.5) is 0 Å². The highest BCUT2D eigenvalue weighted by Crippen LogP contribution is 2.25. The van der Waals surface area contributed by atoms with Gasteiger partial charge >= 0.3 is 0 Å². The molecule has 0 aromatic heterocycles. The lowest BCUT2D eigenvalue weighted by Gasteiger charge is -2.10. The van der Waals surface area contributed by atoms with Gasteiger partial charge in [0, 0.05) is 23.0 Å². The molecule has 0 saturated carbocycles. The molecule has 0 aliphatic rings. The molecule has 1 aromatic rings. The largest absolute Gasteiger partial charge is 0.384 e. The van der Waals surface area contributed by atoms with Crippen molar-refractivity contribution in [1.82, 2.24) is 4.72 Å². The van der Waals surface area contributed by atoms with Crippen LogP contribution in [0.15, 0.2) is 27.6 Å². The Morgan fingerprint density at radius 1 is 1.47 bits per heavy atom. The van der Waals surface area contributed by atoms with Crippen LogP contribution in [0.3, 0.4) is 0 Å². The van der Waals surface area contributed by atoms with Crippen molar-refractivity contribution in [3.05, 3.63) is 27.7 Å². The van der Waals surface area contributed by atoms with Crippen LogP contribution < -0.4 is 4.72 Å². The standard InChI is InChI=1S/C11H14Br2ClNO3S/c1-18-7-8(12)4-5-15-19(16,17)9-2-3-11(14)10(13)6-9/h2-3,6,8,15H,4-5,7H2,1H3. The Balaban J connectivity index is 2.63. The van der Waals surface area contributed by atoms with Gasteiger partial charge in [0.2, 0.25) is 10.0 Å². The van der Waals surface area contributed by atoms with E-state index in [2.05, 4.69) is 36.6 Å². The number of nitrogens with one attached hydrogen (secondary N) is 1. The fraction of sp³-hybridized carbons (Fsp3) is 0.455. The molecular formula is C11H14Br2ClNO3S. The number of sulfonamides is 1. The zero-order chi connectivity index (χ0) is 14.5. The van der Waals surface area contributed by atoms with Gasteiger partial charge in [-0.3, -0.25) is 0 Å². The number of rotatable bonds is 7. The Morgan fingerprint density at radius 3 is 2.74 bits per heavy atom. The first-order valence-electron chi connectivity index (χ1n) is 5.44. The van der Waals surface area contributed by atoms with Gasteiger partial charge in [-0.1, -0.05) is 27.5 Å². The number of benzene rings is 1. The fourth-order valence-corrected chi connectivity index (χ4v) is 3.56. The summed E-state index contributed by atoms with van der Waals surface area (Å²) in [5.74, 6) is 0. The van der Waals surface area contributed by atoms with Crippen molar-refractivity contribution in [3.63, 3.8) is 0 Å². The monoisotopic (exact) mass is 433 g/mol. The van der Waals surface area contributed by atoms with Crippen molar-refractivity contribution in [2.24, 2.45) is 0 Å². The maximum Gasteiger partial charge on any atom is 0.240 e. The minimum absolute atomic E-state index is 0.122. The average molecular weight is 436 g/mol. The second kappa shape index (κ2) is 7.95. The molecule has 1 unspecified atom stereocenters. The molecule has 0 amide bonds. The van der Waals surface area contributed by atoms with Crippen molar-refractivity contribution in [2.45, 2.75) is 16.1 Å². The third-order valence-corrected chi connectivity index (χ3v) is 5.69. The summed E-state index contributed by atoms with van der Waals surface area (Å²) in [6.45, 7) is 0.871. The predicted molar refractivity (Wildman–Crippen MR) is 83.5 cm³/mol. The van der Waals surface area contributed by atoms with Gasteiger partial charge in [0.1, 0.15) is 0 Å². The highest BCUT2D eigenvalue weighted by molar-refractivity contribution is 9.10. The number of methoxy groups -OCH3 is 1. The van der Waals surface area contributed by atoms with E-state index in [4.69, 9.17) is 16.3 Å². The van der Waals surface area contributed by atoms with Crippen molar-refractivity contribution in [3.8, 4) is 0 Å². The first-order chi connectivity index (χ1) is 8.86. The van der Waals surface area contributed by atoms with Crippen LogP contribution in [0.1, 0.15) is 6.42 Å². The van der Waals surface area contributed by atoms with Gasteiger partial charge in [0.15, 0.2) is 0 Å². The maximum absolute atomic E-state index is 12.0. The highest BCUT2D eigenvalue weighted by Gasteiger charge is 2.15. The van der Waals surface area contributed by atoms with Gasteiger partial charge in [-0.2, -0.15) is 0 Å². The SMILES string of the molecule is COCC(Br)CCNS(=O)(=O)c1ccc(Cl)c(Br)c1. The quantitative estimate of drug-likeness (QED) is 0.670. The van der Waals surface area contributed by atoms with E-state index in [-0.39, 0.29) is 9.72 Å². The van der Waals surface area contributed by atoms with E-state index in [1.807, 2.05) is 0 Å². The smallest absolute Gasteiger partial charge is 0.240 e. The number of alkyl halides is 1. The summed E-state index contributed by atoms with van der Waals surface area (Å²) in [4.78, 5) is 0.304. The van der Waals surface area contributed by atoms with Gasteiger partial charge in [-0.15, -0.1) is 0 Å². The molecule has 0 saturated heterocycles. The van der Waals surface area contributed by atoms with Crippen LogP contribution in [0.25, 0.3) is 0 Å². The molecular weight excluding hydrogens is 421 g/mol. The Morgan fingerprint density at radius 2 is 2.16 bits per heavy atom. The van der Waals surface area contributed by atoms with E-state index in [0.717, 1.165) is 0 Å². The molecule has 0 aliphatic heterocycles. The van der Waals surface area contributed by atoms with E-state index >= 15 is 0 Å². The molecule has 0 radical (unpaired) electrons. The molecule has 108 valence electrons. The number of hydrogen-bond acceptors (Lipinski definition) is 3. The number of halogens is 3. The minimum atomic E-state index is -3.51. The molecule has 0 spiro atoms. The Labute approximate surface area is 135 Å². The zero-order valence-corrected chi connectivity index (χ0v) is 14.9. The van der Waals surface area contributed by atoms with E-state index in [1.54, 1.807) is 13.2 Å². The maximum atomic E-state index is 12.0. The zero-order valence-electron chi connectivity index (χ0n) is 10.2. The second-order valence-electron chi connectivity index (χ2n) is 3.81.